The van der Waals surface area contributed by atoms with E-state index >= 15 is 0 Å². The molecule has 2 unspecified atom stereocenters. The molecule has 1 rings (SSSR count). The van der Waals surface area contributed by atoms with Gasteiger partial charge < -0.3 is 30.2 Å². The molecule has 2 amide bonds. The van der Waals surface area contributed by atoms with Gasteiger partial charge in [-0.3, -0.25) is 4.79 Å². The number of methoxy groups -OCH3 is 1. The van der Waals surface area contributed by atoms with Crippen LogP contribution in [0.3, 0.4) is 0 Å². The number of amides is 2. The van der Waals surface area contributed by atoms with Crippen LogP contribution in [0.1, 0.15) is 46.6 Å². The Bertz CT molecular complexity index is 718. The summed E-state index contributed by atoms with van der Waals surface area (Å²) in [5, 5.41) is 2.70. The Morgan fingerprint density at radius 1 is 1.13 bits per heavy atom. The SMILES string of the molecule is COC(=O)C(N)CC(CN(C(=O)OC(C)(C)C)C(C)C)NC(=O)OCc1ccccc1. The number of hydrogen-bond donors (Lipinski definition) is 2. The Hall–Kier alpha value is -2.81. The highest BCUT2D eigenvalue weighted by molar-refractivity contribution is 5.75. The average molecular weight is 438 g/mol. The van der Waals surface area contributed by atoms with Gasteiger partial charge in [-0.2, -0.15) is 0 Å². The summed E-state index contributed by atoms with van der Waals surface area (Å²) in [6, 6.07) is 7.37. The summed E-state index contributed by atoms with van der Waals surface area (Å²) in [5.41, 5.74) is 6.05. The molecule has 0 aromatic heterocycles. The minimum atomic E-state index is -0.975. The van der Waals surface area contributed by atoms with Crippen molar-refractivity contribution >= 4 is 18.2 Å². The van der Waals surface area contributed by atoms with Crippen LogP contribution in [-0.2, 0) is 25.6 Å². The van der Waals surface area contributed by atoms with Gasteiger partial charge in [0.2, 0.25) is 0 Å². The highest BCUT2D eigenvalue weighted by Crippen LogP contribution is 2.14. The van der Waals surface area contributed by atoms with Crippen LogP contribution in [0.4, 0.5) is 9.59 Å². The van der Waals surface area contributed by atoms with E-state index in [0.717, 1.165) is 5.56 Å². The van der Waals surface area contributed by atoms with E-state index in [0.29, 0.717) is 0 Å². The number of carbonyl (C=O) groups excluding carboxylic acids is 3. The van der Waals surface area contributed by atoms with Crippen molar-refractivity contribution in [1.29, 1.82) is 0 Å². The lowest BCUT2D eigenvalue weighted by atomic mass is 10.1. The second-order valence-corrected chi connectivity index (χ2v) is 8.49. The Labute approximate surface area is 184 Å². The molecule has 174 valence electrons. The summed E-state index contributed by atoms with van der Waals surface area (Å²) in [5.74, 6) is -0.613. The van der Waals surface area contributed by atoms with E-state index in [1.54, 1.807) is 20.8 Å². The highest BCUT2D eigenvalue weighted by Gasteiger charge is 2.29. The smallest absolute Gasteiger partial charge is 0.410 e. The second kappa shape index (κ2) is 12.1. The lowest BCUT2D eigenvalue weighted by Gasteiger charge is -2.33. The van der Waals surface area contributed by atoms with Crippen LogP contribution in [0.15, 0.2) is 30.3 Å². The van der Waals surface area contributed by atoms with Gasteiger partial charge in [0.1, 0.15) is 18.2 Å². The number of rotatable bonds is 9. The van der Waals surface area contributed by atoms with E-state index in [2.05, 4.69) is 10.1 Å². The first kappa shape index (κ1) is 26.2. The third-order valence-corrected chi connectivity index (χ3v) is 4.25. The number of benzene rings is 1. The van der Waals surface area contributed by atoms with Crippen LogP contribution in [0, 0.1) is 0 Å². The maximum absolute atomic E-state index is 12.6. The molecule has 31 heavy (non-hydrogen) atoms. The van der Waals surface area contributed by atoms with Gasteiger partial charge in [0.25, 0.3) is 0 Å². The largest absolute Gasteiger partial charge is 0.468 e. The van der Waals surface area contributed by atoms with Gasteiger partial charge in [0.15, 0.2) is 0 Å². The van der Waals surface area contributed by atoms with Crippen molar-refractivity contribution in [2.75, 3.05) is 13.7 Å². The van der Waals surface area contributed by atoms with E-state index in [9.17, 15) is 14.4 Å². The summed E-state index contributed by atoms with van der Waals surface area (Å²) in [6.07, 6.45) is -1.16. The highest BCUT2D eigenvalue weighted by atomic mass is 16.6. The normalized spacial score (nSPS) is 13.2. The molecule has 0 bridgehead atoms. The van der Waals surface area contributed by atoms with Crippen LogP contribution in [0.5, 0.6) is 0 Å². The molecule has 9 nitrogen and oxygen atoms in total. The fraction of sp³-hybridized carbons (Fsp3) is 0.591. The minimum Gasteiger partial charge on any atom is -0.468 e. The number of carbonyl (C=O) groups is 3. The van der Waals surface area contributed by atoms with Crippen molar-refractivity contribution < 1.29 is 28.6 Å². The van der Waals surface area contributed by atoms with Gasteiger partial charge in [-0.1, -0.05) is 30.3 Å². The standard InChI is InChI=1S/C22H35N3O6/c1-15(2)25(21(28)31-22(3,4)5)13-17(12-18(23)19(26)29-6)24-20(27)30-14-16-10-8-7-9-11-16/h7-11,15,17-18H,12-14,23H2,1-6H3,(H,24,27). The molecular weight excluding hydrogens is 402 g/mol. The number of alkyl carbamates (subject to hydrolysis) is 1. The first-order valence-electron chi connectivity index (χ1n) is 10.2. The van der Waals surface area contributed by atoms with E-state index < -0.39 is 35.8 Å². The Morgan fingerprint density at radius 3 is 2.26 bits per heavy atom. The molecule has 0 aliphatic rings. The van der Waals surface area contributed by atoms with Crippen molar-refractivity contribution in [2.24, 2.45) is 5.73 Å². The first-order valence-corrected chi connectivity index (χ1v) is 10.2. The summed E-state index contributed by atoms with van der Waals surface area (Å²) < 4.78 is 15.4. The van der Waals surface area contributed by atoms with Crippen molar-refractivity contribution in [3.8, 4) is 0 Å². The minimum absolute atomic E-state index is 0.0547. The van der Waals surface area contributed by atoms with Gasteiger partial charge >= 0.3 is 18.2 Å². The quantitative estimate of drug-likeness (QED) is 0.450. The molecule has 0 radical (unpaired) electrons. The zero-order valence-electron chi connectivity index (χ0n) is 19.2. The molecule has 0 aliphatic heterocycles. The topological polar surface area (TPSA) is 120 Å². The van der Waals surface area contributed by atoms with E-state index in [1.165, 1.54) is 12.0 Å². The number of hydrogen-bond acceptors (Lipinski definition) is 7. The van der Waals surface area contributed by atoms with Crippen molar-refractivity contribution in [3.63, 3.8) is 0 Å². The van der Waals surface area contributed by atoms with E-state index in [1.807, 2.05) is 44.2 Å². The predicted octanol–water partition coefficient (Wildman–Crippen LogP) is 2.82. The van der Waals surface area contributed by atoms with Crippen molar-refractivity contribution in [3.05, 3.63) is 35.9 Å². The monoisotopic (exact) mass is 437 g/mol. The number of ether oxygens (including phenoxy) is 3. The van der Waals surface area contributed by atoms with Gasteiger partial charge in [0, 0.05) is 12.6 Å². The number of nitrogens with two attached hydrogens (primary N) is 1. The Kier molecular flexibility index (Phi) is 10.3. The van der Waals surface area contributed by atoms with E-state index in [4.69, 9.17) is 15.2 Å². The molecule has 9 heteroatoms. The lowest BCUT2D eigenvalue weighted by molar-refractivity contribution is -0.142. The van der Waals surface area contributed by atoms with Crippen molar-refractivity contribution in [2.45, 2.75) is 71.4 Å². The van der Waals surface area contributed by atoms with Gasteiger partial charge in [-0.15, -0.1) is 0 Å². The van der Waals surface area contributed by atoms with Crippen molar-refractivity contribution in [1.82, 2.24) is 10.2 Å². The molecule has 0 fully saturated rings. The van der Waals surface area contributed by atoms with Crippen LogP contribution >= 0.6 is 0 Å². The molecule has 0 heterocycles. The third kappa shape index (κ3) is 10.2. The second-order valence-electron chi connectivity index (χ2n) is 8.49. The fourth-order valence-electron chi connectivity index (χ4n) is 2.72. The molecular formula is C22H35N3O6. The summed E-state index contributed by atoms with van der Waals surface area (Å²) in [6.45, 7) is 9.14. The number of nitrogens with one attached hydrogen (secondary N) is 1. The fourth-order valence-corrected chi connectivity index (χ4v) is 2.72. The van der Waals surface area contributed by atoms with Gasteiger partial charge in [-0.05, 0) is 46.6 Å². The van der Waals surface area contributed by atoms with E-state index in [-0.39, 0.29) is 25.6 Å². The third-order valence-electron chi connectivity index (χ3n) is 4.25. The van der Waals surface area contributed by atoms with Crippen LogP contribution < -0.4 is 11.1 Å². The van der Waals surface area contributed by atoms with Crippen LogP contribution in [0.2, 0.25) is 0 Å². The molecule has 2 atom stereocenters. The van der Waals surface area contributed by atoms with Gasteiger partial charge in [-0.25, -0.2) is 9.59 Å². The Morgan fingerprint density at radius 2 is 1.74 bits per heavy atom. The average Bonchev–Trinajstić information content (AvgIpc) is 2.68. The van der Waals surface area contributed by atoms with Gasteiger partial charge in [0.05, 0.1) is 13.2 Å². The summed E-state index contributed by atoms with van der Waals surface area (Å²) in [4.78, 5) is 38.3. The first-order chi connectivity index (χ1) is 14.4. The molecule has 1 aromatic rings. The zero-order chi connectivity index (χ0) is 23.6. The zero-order valence-corrected chi connectivity index (χ0v) is 19.2. The summed E-state index contributed by atoms with van der Waals surface area (Å²) >= 11 is 0. The maximum atomic E-state index is 12.6. The number of esters is 1. The van der Waals surface area contributed by atoms with Crippen LogP contribution in [-0.4, -0.2) is 60.4 Å². The van der Waals surface area contributed by atoms with Crippen LogP contribution in [0.25, 0.3) is 0 Å². The lowest BCUT2D eigenvalue weighted by Crippen LogP contribution is -2.52. The molecule has 1 aromatic carbocycles. The molecule has 0 spiro atoms. The maximum Gasteiger partial charge on any atom is 0.410 e. The molecule has 3 N–H and O–H groups in total. The predicted molar refractivity (Wildman–Crippen MR) is 116 cm³/mol. The number of nitrogens with zero attached hydrogens (tertiary/aromatic N) is 1. The molecule has 0 saturated heterocycles. The molecule has 0 aliphatic carbocycles. The summed E-state index contributed by atoms with van der Waals surface area (Å²) in [7, 11) is 1.24. The Balaban J connectivity index is 2.88. The molecule has 0 saturated carbocycles.